The van der Waals surface area contributed by atoms with Crippen molar-refractivity contribution in [2.24, 2.45) is 0 Å². The second kappa shape index (κ2) is 5.71. The highest BCUT2D eigenvalue weighted by Gasteiger charge is 2.17. The van der Waals surface area contributed by atoms with Crippen molar-refractivity contribution < 1.29 is 14.8 Å². The summed E-state index contributed by atoms with van der Waals surface area (Å²) in [5.41, 5.74) is 0.943. The summed E-state index contributed by atoms with van der Waals surface area (Å²) in [5, 5.41) is 20.5. The zero-order chi connectivity index (χ0) is 14.7. The minimum absolute atomic E-state index is 0.0745. The highest BCUT2D eigenvalue weighted by atomic mass is 35.5. The van der Waals surface area contributed by atoms with Gasteiger partial charge in [-0.2, -0.15) is 0 Å². The molecular weight excluding hydrogens is 282 g/mol. The summed E-state index contributed by atoms with van der Waals surface area (Å²) >= 11 is 5.85. The van der Waals surface area contributed by atoms with Crippen molar-refractivity contribution in [2.45, 2.75) is 6.42 Å². The van der Waals surface area contributed by atoms with Crippen LogP contribution in [0.1, 0.15) is 21.5 Å². The molecule has 0 aliphatic carbocycles. The lowest BCUT2D eigenvalue weighted by Gasteiger charge is -2.07. The molecule has 0 spiro atoms. The molecule has 0 atom stereocenters. The van der Waals surface area contributed by atoms with Gasteiger partial charge >= 0.3 is 5.97 Å². The third-order valence-corrected chi connectivity index (χ3v) is 3.10. The van der Waals surface area contributed by atoms with Crippen LogP contribution >= 0.6 is 11.6 Å². The molecule has 0 heterocycles. The SMILES string of the molecule is O=C(O)c1ccccc1Cc1cc(Cl)ccc1[N+](=O)[O-]. The molecule has 0 saturated carbocycles. The molecule has 6 heteroatoms. The molecule has 0 aliphatic rings. The van der Waals surface area contributed by atoms with Gasteiger partial charge in [-0.15, -0.1) is 0 Å². The maximum Gasteiger partial charge on any atom is 0.335 e. The molecule has 0 fully saturated rings. The number of carboxylic acids is 1. The topological polar surface area (TPSA) is 80.4 Å². The highest BCUT2D eigenvalue weighted by molar-refractivity contribution is 6.30. The molecule has 2 rings (SSSR count). The summed E-state index contributed by atoms with van der Waals surface area (Å²) in [4.78, 5) is 21.6. The summed E-state index contributed by atoms with van der Waals surface area (Å²) in [6, 6.07) is 10.6. The van der Waals surface area contributed by atoms with Crippen molar-refractivity contribution >= 4 is 23.3 Å². The van der Waals surface area contributed by atoms with Gasteiger partial charge in [0.1, 0.15) is 0 Å². The number of carboxylic acid groups (broad SMARTS) is 1. The van der Waals surface area contributed by atoms with Crippen LogP contribution in [-0.2, 0) is 6.42 Å². The van der Waals surface area contributed by atoms with E-state index in [0.29, 0.717) is 16.1 Å². The summed E-state index contributed by atoms with van der Waals surface area (Å²) in [6.07, 6.45) is 0.138. The van der Waals surface area contributed by atoms with Gasteiger partial charge in [-0.25, -0.2) is 4.79 Å². The van der Waals surface area contributed by atoms with Gasteiger partial charge < -0.3 is 5.11 Å². The van der Waals surface area contributed by atoms with Crippen molar-refractivity contribution in [1.82, 2.24) is 0 Å². The number of hydrogen-bond donors (Lipinski definition) is 1. The fourth-order valence-corrected chi connectivity index (χ4v) is 2.16. The molecule has 0 aliphatic heterocycles. The molecule has 0 amide bonds. The minimum Gasteiger partial charge on any atom is -0.478 e. The van der Waals surface area contributed by atoms with Gasteiger partial charge in [0.15, 0.2) is 0 Å². The van der Waals surface area contributed by atoms with Crippen LogP contribution in [0.3, 0.4) is 0 Å². The Bertz CT molecular complexity index is 685. The van der Waals surface area contributed by atoms with E-state index >= 15 is 0 Å². The Balaban J connectivity index is 2.47. The smallest absolute Gasteiger partial charge is 0.335 e. The summed E-state index contributed by atoms with van der Waals surface area (Å²) in [6.45, 7) is 0. The number of rotatable bonds is 4. The molecule has 0 saturated heterocycles. The fourth-order valence-electron chi connectivity index (χ4n) is 1.96. The van der Waals surface area contributed by atoms with Crippen LogP contribution in [0.2, 0.25) is 5.02 Å². The Morgan fingerprint density at radius 3 is 2.55 bits per heavy atom. The lowest BCUT2D eigenvalue weighted by atomic mass is 9.99. The quantitative estimate of drug-likeness (QED) is 0.690. The largest absolute Gasteiger partial charge is 0.478 e. The van der Waals surface area contributed by atoms with Gasteiger partial charge in [0.25, 0.3) is 5.69 Å². The first-order chi connectivity index (χ1) is 9.49. The van der Waals surface area contributed by atoms with Gasteiger partial charge in [-0.3, -0.25) is 10.1 Å². The first-order valence-corrected chi connectivity index (χ1v) is 6.11. The van der Waals surface area contributed by atoms with E-state index in [1.807, 2.05) is 0 Å². The van der Waals surface area contributed by atoms with Gasteiger partial charge in [0.2, 0.25) is 0 Å². The Morgan fingerprint density at radius 2 is 1.90 bits per heavy atom. The predicted octanol–water partition coefficient (Wildman–Crippen LogP) is 3.54. The van der Waals surface area contributed by atoms with Crippen LogP contribution in [0.15, 0.2) is 42.5 Å². The maximum atomic E-state index is 11.1. The van der Waals surface area contributed by atoms with E-state index in [4.69, 9.17) is 16.7 Å². The number of nitrogens with zero attached hydrogens (tertiary/aromatic N) is 1. The lowest BCUT2D eigenvalue weighted by Crippen LogP contribution is -2.04. The molecule has 0 aromatic heterocycles. The summed E-state index contributed by atoms with van der Waals surface area (Å²) < 4.78 is 0. The van der Waals surface area contributed by atoms with E-state index in [0.717, 1.165) is 0 Å². The first-order valence-electron chi connectivity index (χ1n) is 5.73. The van der Waals surface area contributed by atoms with Crippen LogP contribution in [0.5, 0.6) is 0 Å². The number of benzene rings is 2. The third-order valence-electron chi connectivity index (χ3n) is 2.87. The van der Waals surface area contributed by atoms with E-state index in [-0.39, 0.29) is 17.7 Å². The molecule has 0 radical (unpaired) electrons. The normalized spacial score (nSPS) is 10.2. The Hall–Kier alpha value is -2.40. The van der Waals surface area contributed by atoms with Gasteiger partial charge in [0, 0.05) is 23.1 Å². The first kappa shape index (κ1) is 14.0. The number of carbonyl (C=O) groups is 1. The van der Waals surface area contributed by atoms with Gasteiger partial charge in [-0.1, -0.05) is 29.8 Å². The van der Waals surface area contributed by atoms with E-state index in [2.05, 4.69) is 0 Å². The molecule has 2 aromatic rings. The van der Waals surface area contributed by atoms with Crippen LogP contribution in [0, 0.1) is 10.1 Å². The minimum atomic E-state index is -1.06. The van der Waals surface area contributed by atoms with E-state index in [1.54, 1.807) is 18.2 Å². The van der Waals surface area contributed by atoms with Gasteiger partial charge in [-0.05, 0) is 23.8 Å². The number of halogens is 1. The van der Waals surface area contributed by atoms with Crippen molar-refractivity contribution in [3.63, 3.8) is 0 Å². The predicted molar refractivity (Wildman–Crippen MR) is 74.3 cm³/mol. The maximum absolute atomic E-state index is 11.1. The molecular formula is C14H10ClNO4. The number of nitro benzene ring substituents is 1. The van der Waals surface area contributed by atoms with Crippen molar-refractivity contribution in [3.05, 3.63) is 74.3 Å². The van der Waals surface area contributed by atoms with Crippen molar-refractivity contribution in [3.8, 4) is 0 Å². The molecule has 20 heavy (non-hydrogen) atoms. The van der Waals surface area contributed by atoms with Crippen LogP contribution < -0.4 is 0 Å². The number of hydrogen-bond acceptors (Lipinski definition) is 3. The zero-order valence-electron chi connectivity index (χ0n) is 10.2. The highest BCUT2D eigenvalue weighted by Crippen LogP contribution is 2.26. The number of aromatic carboxylic acids is 1. The Kier molecular flexibility index (Phi) is 4.00. The third kappa shape index (κ3) is 2.95. The molecule has 102 valence electrons. The van der Waals surface area contributed by atoms with E-state index in [9.17, 15) is 14.9 Å². The van der Waals surface area contributed by atoms with Crippen molar-refractivity contribution in [2.75, 3.05) is 0 Å². The van der Waals surface area contributed by atoms with E-state index in [1.165, 1.54) is 24.3 Å². The Morgan fingerprint density at radius 1 is 1.20 bits per heavy atom. The molecule has 5 nitrogen and oxygen atoms in total. The molecule has 1 N–H and O–H groups in total. The zero-order valence-corrected chi connectivity index (χ0v) is 11.0. The Labute approximate surface area is 119 Å². The average Bonchev–Trinajstić information content (AvgIpc) is 2.38. The van der Waals surface area contributed by atoms with Crippen LogP contribution in [-0.4, -0.2) is 16.0 Å². The van der Waals surface area contributed by atoms with Crippen molar-refractivity contribution in [1.29, 1.82) is 0 Å². The lowest BCUT2D eigenvalue weighted by molar-refractivity contribution is -0.385. The van der Waals surface area contributed by atoms with Gasteiger partial charge in [0.05, 0.1) is 10.5 Å². The average molecular weight is 292 g/mol. The fraction of sp³-hybridized carbons (Fsp3) is 0.0714. The van der Waals surface area contributed by atoms with Crippen LogP contribution in [0.25, 0.3) is 0 Å². The standard InChI is InChI=1S/C14H10ClNO4/c15-11-5-6-13(16(19)20)10(8-11)7-9-3-1-2-4-12(9)14(17)18/h1-6,8H,7H2,(H,17,18). The molecule has 0 unspecified atom stereocenters. The summed E-state index contributed by atoms with van der Waals surface area (Å²) in [7, 11) is 0. The summed E-state index contributed by atoms with van der Waals surface area (Å²) in [5.74, 6) is -1.06. The molecule has 0 bridgehead atoms. The van der Waals surface area contributed by atoms with Crippen LogP contribution in [0.4, 0.5) is 5.69 Å². The second-order valence-corrected chi connectivity index (χ2v) is 4.61. The van der Waals surface area contributed by atoms with E-state index < -0.39 is 10.9 Å². The number of nitro groups is 1. The second-order valence-electron chi connectivity index (χ2n) is 4.17. The monoisotopic (exact) mass is 291 g/mol. The molecule has 2 aromatic carbocycles.